The maximum absolute atomic E-state index is 15.0. The van der Waals surface area contributed by atoms with Crippen LogP contribution in [0.3, 0.4) is 0 Å². The Morgan fingerprint density at radius 2 is 1.69 bits per heavy atom. The van der Waals surface area contributed by atoms with Crippen LogP contribution in [0, 0.1) is 17.6 Å². The molecule has 4 rings (SSSR count). The van der Waals surface area contributed by atoms with Crippen molar-refractivity contribution in [3.05, 3.63) is 95.1 Å². The number of benzene rings is 3. The summed E-state index contributed by atoms with van der Waals surface area (Å²) in [5.74, 6) is -3.37. The van der Waals surface area contributed by atoms with E-state index < -0.39 is 35.1 Å². The van der Waals surface area contributed by atoms with Crippen LogP contribution >= 0.6 is 0 Å². The van der Waals surface area contributed by atoms with Crippen molar-refractivity contribution in [2.45, 2.75) is 33.7 Å². The number of halogens is 2. The molecule has 8 heteroatoms. The van der Waals surface area contributed by atoms with Crippen LogP contribution < -0.4 is 14.5 Å². The minimum atomic E-state index is -1.19. The SMILES string of the molecule is CCN(CC)c1ccc(C2/C(=C(\O)c3cccc(OCC(C)C)c3)C(=O)C(=O)N2c2cc(F)ccc2F)cc1. The Hall–Kier alpha value is -4.20. The lowest BCUT2D eigenvalue weighted by Gasteiger charge is -2.27. The minimum Gasteiger partial charge on any atom is -0.507 e. The highest BCUT2D eigenvalue weighted by Gasteiger charge is 2.47. The molecule has 0 bridgehead atoms. The van der Waals surface area contributed by atoms with Gasteiger partial charge in [-0.15, -0.1) is 0 Å². The van der Waals surface area contributed by atoms with E-state index in [0.717, 1.165) is 41.9 Å². The lowest BCUT2D eigenvalue weighted by Crippen LogP contribution is -2.30. The second-order valence-electron chi connectivity index (χ2n) is 9.76. The number of aliphatic hydroxyl groups excluding tert-OH is 1. The van der Waals surface area contributed by atoms with Crippen molar-refractivity contribution < 1.29 is 28.2 Å². The first-order valence-corrected chi connectivity index (χ1v) is 13.0. The fourth-order valence-corrected chi connectivity index (χ4v) is 4.67. The molecular formula is C31H32F2N2O4. The van der Waals surface area contributed by atoms with Crippen LogP contribution in [0.4, 0.5) is 20.2 Å². The lowest BCUT2D eigenvalue weighted by molar-refractivity contribution is -0.132. The number of Topliss-reactive ketones (excluding diaryl/α,β-unsaturated/α-hetero) is 1. The number of rotatable bonds is 9. The van der Waals surface area contributed by atoms with E-state index >= 15 is 0 Å². The summed E-state index contributed by atoms with van der Waals surface area (Å²) in [6.07, 6.45) is 0. The molecule has 1 atom stereocenters. The van der Waals surface area contributed by atoms with Crippen LogP contribution in [0.15, 0.2) is 72.3 Å². The molecular weight excluding hydrogens is 502 g/mol. The summed E-state index contributed by atoms with van der Waals surface area (Å²) in [6, 6.07) is 15.2. The Bertz CT molecular complexity index is 1400. The number of carbonyl (C=O) groups is 2. The van der Waals surface area contributed by atoms with E-state index in [4.69, 9.17) is 4.74 Å². The molecule has 204 valence electrons. The standard InChI is InChI=1S/C31H32F2N2O4/c1-5-34(6-2)23-13-10-20(11-14-23)28-27(29(36)21-8-7-9-24(16-21)39-18-19(3)4)30(37)31(38)35(28)26-17-22(32)12-15-25(26)33/h7-17,19,28,36H,5-6,18H2,1-4H3/b29-27+. The molecule has 39 heavy (non-hydrogen) atoms. The Balaban J connectivity index is 1.88. The average molecular weight is 535 g/mol. The summed E-state index contributed by atoms with van der Waals surface area (Å²) in [6.45, 7) is 10.1. The van der Waals surface area contributed by atoms with Gasteiger partial charge in [-0.1, -0.05) is 38.1 Å². The number of hydrogen-bond donors (Lipinski definition) is 1. The van der Waals surface area contributed by atoms with Gasteiger partial charge in [-0.05, 0) is 61.7 Å². The molecule has 0 saturated carbocycles. The van der Waals surface area contributed by atoms with E-state index in [0.29, 0.717) is 17.9 Å². The lowest BCUT2D eigenvalue weighted by atomic mass is 9.94. The zero-order valence-electron chi connectivity index (χ0n) is 22.4. The second kappa shape index (κ2) is 11.7. The zero-order chi connectivity index (χ0) is 28.3. The maximum Gasteiger partial charge on any atom is 0.300 e. The molecule has 0 radical (unpaired) electrons. The van der Waals surface area contributed by atoms with Crippen LogP contribution in [-0.4, -0.2) is 36.5 Å². The van der Waals surface area contributed by atoms with E-state index in [-0.39, 0.29) is 22.7 Å². The van der Waals surface area contributed by atoms with Crippen molar-refractivity contribution >= 4 is 28.8 Å². The Morgan fingerprint density at radius 1 is 1.00 bits per heavy atom. The Labute approximate surface area is 227 Å². The highest BCUT2D eigenvalue weighted by atomic mass is 19.1. The number of hydrogen-bond acceptors (Lipinski definition) is 5. The molecule has 0 aromatic heterocycles. The van der Waals surface area contributed by atoms with Gasteiger partial charge in [0.05, 0.1) is 23.9 Å². The molecule has 6 nitrogen and oxygen atoms in total. The van der Waals surface area contributed by atoms with Gasteiger partial charge in [0.15, 0.2) is 0 Å². The van der Waals surface area contributed by atoms with Crippen LogP contribution in [0.5, 0.6) is 5.75 Å². The van der Waals surface area contributed by atoms with E-state index in [9.17, 15) is 23.5 Å². The number of carbonyl (C=O) groups excluding carboxylic acids is 2. The van der Waals surface area contributed by atoms with Crippen molar-refractivity contribution in [3.8, 4) is 5.75 Å². The van der Waals surface area contributed by atoms with Crippen molar-refractivity contribution in [2.75, 3.05) is 29.5 Å². The number of nitrogens with zero attached hydrogens (tertiary/aromatic N) is 2. The van der Waals surface area contributed by atoms with Crippen LogP contribution in [0.25, 0.3) is 5.76 Å². The van der Waals surface area contributed by atoms with E-state index in [1.807, 2.05) is 39.8 Å². The number of aliphatic hydroxyl groups is 1. The zero-order valence-corrected chi connectivity index (χ0v) is 22.4. The number of anilines is 2. The molecule has 1 N–H and O–H groups in total. The molecule has 1 fully saturated rings. The number of amides is 1. The number of ketones is 1. The molecule has 1 saturated heterocycles. The quantitative estimate of drug-likeness (QED) is 0.194. The van der Waals surface area contributed by atoms with E-state index in [2.05, 4.69) is 4.90 Å². The van der Waals surface area contributed by atoms with Gasteiger partial charge in [0.2, 0.25) is 0 Å². The van der Waals surface area contributed by atoms with Gasteiger partial charge < -0.3 is 14.7 Å². The minimum absolute atomic E-state index is 0.222. The highest BCUT2D eigenvalue weighted by molar-refractivity contribution is 6.51. The van der Waals surface area contributed by atoms with Crippen LogP contribution in [0.1, 0.15) is 44.9 Å². The molecule has 3 aromatic rings. The van der Waals surface area contributed by atoms with Gasteiger partial charge in [0.25, 0.3) is 11.7 Å². The summed E-state index contributed by atoms with van der Waals surface area (Å²) >= 11 is 0. The Morgan fingerprint density at radius 3 is 2.33 bits per heavy atom. The largest absolute Gasteiger partial charge is 0.507 e. The van der Waals surface area contributed by atoms with Crippen molar-refractivity contribution in [3.63, 3.8) is 0 Å². The van der Waals surface area contributed by atoms with Gasteiger partial charge >= 0.3 is 0 Å². The van der Waals surface area contributed by atoms with Gasteiger partial charge in [-0.3, -0.25) is 14.5 Å². The Kier molecular flexibility index (Phi) is 8.33. The van der Waals surface area contributed by atoms with Crippen molar-refractivity contribution in [2.24, 2.45) is 5.92 Å². The van der Waals surface area contributed by atoms with Crippen molar-refractivity contribution in [1.29, 1.82) is 0 Å². The predicted octanol–water partition coefficient (Wildman–Crippen LogP) is 6.47. The van der Waals surface area contributed by atoms with Crippen molar-refractivity contribution in [1.82, 2.24) is 0 Å². The third-order valence-electron chi connectivity index (χ3n) is 6.64. The molecule has 0 aliphatic carbocycles. The second-order valence-corrected chi connectivity index (χ2v) is 9.76. The van der Waals surface area contributed by atoms with Gasteiger partial charge in [0, 0.05) is 30.4 Å². The number of ether oxygens (including phenoxy) is 1. The average Bonchev–Trinajstić information content (AvgIpc) is 3.19. The van der Waals surface area contributed by atoms with Gasteiger partial charge in [-0.2, -0.15) is 0 Å². The fourth-order valence-electron chi connectivity index (χ4n) is 4.67. The first kappa shape index (κ1) is 27.8. The molecule has 1 aliphatic heterocycles. The topological polar surface area (TPSA) is 70.1 Å². The normalized spacial score (nSPS) is 16.7. The monoisotopic (exact) mass is 534 g/mol. The molecule has 3 aromatic carbocycles. The highest BCUT2D eigenvalue weighted by Crippen LogP contribution is 2.43. The first-order chi connectivity index (χ1) is 18.7. The molecule has 1 unspecified atom stereocenters. The molecule has 0 spiro atoms. The van der Waals surface area contributed by atoms with E-state index in [1.165, 1.54) is 0 Å². The molecule has 1 heterocycles. The predicted molar refractivity (Wildman–Crippen MR) is 148 cm³/mol. The third-order valence-corrected chi connectivity index (χ3v) is 6.64. The summed E-state index contributed by atoms with van der Waals surface area (Å²) in [4.78, 5) is 29.7. The molecule has 1 amide bonds. The summed E-state index contributed by atoms with van der Waals surface area (Å²) in [7, 11) is 0. The van der Waals surface area contributed by atoms with Crippen LogP contribution in [-0.2, 0) is 9.59 Å². The maximum atomic E-state index is 15.0. The van der Waals surface area contributed by atoms with Crippen LogP contribution in [0.2, 0.25) is 0 Å². The third kappa shape index (κ3) is 5.65. The van der Waals surface area contributed by atoms with E-state index in [1.54, 1.807) is 36.4 Å². The summed E-state index contributed by atoms with van der Waals surface area (Å²) in [5.41, 5.74) is 1.04. The fraction of sp³-hybridized carbons (Fsp3) is 0.290. The summed E-state index contributed by atoms with van der Waals surface area (Å²) in [5, 5.41) is 11.4. The molecule has 1 aliphatic rings. The summed E-state index contributed by atoms with van der Waals surface area (Å²) < 4.78 is 34.9. The van der Waals surface area contributed by atoms with Gasteiger partial charge in [-0.25, -0.2) is 8.78 Å². The van der Waals surface area contributed by atoms with Gasteiger partial charge in [0.1, 0.15) is 23.1 Å². The smallest absolute Gasteiger partial charge is 0.300 e. The first-order valence-electron chi connectivity index (χ1n) is 13.0.